The van der Waals surface area contributed by atoms with Crippen LogP contribution in [0.2, 0.25) is 0 Å². The van der Waals surface area contributed by atoms with Crippen LogP contribution in [0.3, 0.4) is 0 Å². The van der Waals surface area contributed by atoms with Crippen molar-refractivity contribution in [3.05, 3.63) is 21.9 Å². The molecule has 1 aromatic heterocycles. The minimum atomic E-state index is 0.571. The Bertz CT molecular complexity index is 229. The van der Waals surface area contributed by atoms with Gasteiger partial charge in [-0.15, -0.1) is 11.3 Å². The number of rotatable bonds is 0. The second-order valence-corrected chi connectivity index (χ2v) is 4.22. The fourth-order valence-corrected chi connectivity index (χ4v) is 2.70. The lowest BCUT2D eigenvalue weighted by Gasteiger charge is -2.25. The minimum absolute atomic E-state index is 0.571. The number of hydrogen-bond donors (Lipinski definition) is 1. The van der Waals surface area contributed by atoms with Crippen LogP contribution in [-0.2, 0) is 0 Å². The molecule has 11 heavy (non-hydrogen) atoms. The Morgan fingerprint density at radius 1 is 1.55 bits per heavy atom. The van der Waals surface area contributed by atoms with E-state index in [-0.39, 0.29) is 0 Å². The highest BCUT2D eigenvalue weighted by atomic mass is 32.1. The van der Waals surface area contributed by atoms with E-state index in [0.717, 1.165) is 6.54 Å². The van der Waals surface area contributed by atoms with Gasteiger partial charge in [0, 0.05) is 17.5 Å². The third-order valence-electron chi connectivity index (χ3n) is 2.38. The van der Waals surface area contributed by atoms with Gasteiger partial charge in [-0.25, -0.2) is 0 Å². The summed E-state index contributed by atoms with van der Waals surface area (Å²) in [6.07, 6.45) is 0. The zero-order valence-corrected chi connectivity index (χ0v) is 7.74. The number of thiophene rings is 1. The van der Waals surface area contributed by atoms with Gasteiger partial charge in [0.2, 0.25) is 0 Å². The molecule has 0 fully saturated rings. The van der Waals surface area contributed by atoms with E-state index < -0.39 is 0 Å². The molecule has 0 saturated carbocycles. The van der Waals surface area contributed by atoms with Gasteiger partial charge >= 0.3 is 0 Å². The van der Waals surface area contributed by atoms with Crippen LogP contribution in [0.4, 0.5) is 0 Å². The molecule has 60 valence electrons. The maximum atomic E-state index is 3.48. The number of hydrogen-bond acceptors (Lipinski definition) is 2. The van der Waals surface area contributed by atoms with Gasteiger partial charge in [-0.2, -0.15) is 0 Å². The summed E-state index contributed by atoms with van der Waals surface area (Å²) in [6.45, 7) is 5.65. The second-order valence-electron chi connectivity index (χ2n) is 3.27. The first-order chi connectivity index (χ1) is 5.29. The van der Waals surface area contributed by atoms with E-state index in [2.05, 4.69) is 30.6 Å². The van der Waals surface area contributed by atoms with Gasteiger partial charge in [0.25, 0.3) is 0 Å². The summed E-state index contributed by atoms with van der Waals surface area (Å²) in [7, 11) is 0. The van der Waals surface area contributed by atoms with Crippen molar-refractivity contribution in [3.63, 3.8) is 0 Å². The third kappa shape index (κ3) is 1.10. The van der Waals surface area contributed by atoms with Gasteiger partial charge in [-0.3, -0.25) is 0 Å². The number of nitrogens with one attached hydrogen (secondary N) is 1. The molecule has 0 bridgehead atoms. The van der Waals surface area contributed by atoms with Gasteiger partial charge < -0.3 is 5.32 Å². The molecular weight excluding hydrogens is 154 g/mol. The average Bonchev–Trinajstić information content (AvgIpc) is 2.45. The molecule has 0 aromatic carbocycles. The first-order valence-electron chi connectivity index (χ1n) is 4.09. The lowest BCUT2D eigenvalue weighted by Crippen LogP contribution is -2.28. The molecule has 2 heteroatoms. The molecule has 0 spiro atoms. The van der Waals surface area contributed by atoms with Crippen LogP contribution in [0, 0.1) is 0 Å². The highest BCUT2D eigenvalue weighted by Gasteiger charge is 2.21. The zero-order valence-electron chi connectivity index (χ0n) is 6.92. The lowest BCUT2D eigenvalue weighted by molar-refractivity contribution is 0.504. The molecule has 1 aliphatic rings. The van der Waals surface area contributed by atoms with Crippen LogP contribution >= 0.6 is 11.3 Å². The fraction of sp³-hybridized carbons (Fsp3) is 0.556. The highest BCUT2D eigenvalue weighted by molar-refractivity contribution is 7.10. The van der Waals surface area contributed by atoms with Gasteiger partial charge in [0.15, 0.2) is 0 Å². The molecule has 0 radical (unpaired) electrons. The first-order valence-corrected chi connectivity index (χ1v) is 4.97. The highest BCUT2D eigenvalue weighted by Crippen LogP contribution is 2.33. The molecule has 2 atom stereocenters. The molecule has 1 aliphatic heterocycles. The summed E-state index contributed by atoms with van der Waals surface area (Å²) in [6, 6.07) is 2.84. The van der Waals surface area contributed by atoms with Crippen molar-refractivity contribution in [2.24, 2.45) is 0 Å². The summed E-state index contributed by atoms with van der Waals surface area (Å²) in [5.74, 6) is 0.701. The Morgan fingerprint density at radius 2 is 2.36 bits per heavy atom. The predicted molar refractivity (Wildman–Crippen MR) is 49.2 cm³/mol. The van der Waals surface area contributed by atoms with E-state index in [4.69, 9.17) is 0 Å². The molecule has 2 heterocycles. The molecule has 1 nitrogen and oxygen atoms in total. The van der Waals surface area contributed by atoms with Crippen molar-refractivity contribution in [1.82, 2.24) is 5.32 Å². The monoisotopic (exact) mass is 167 g/mol. The second kappa shape index (κ2) is 2.61. The van der Waals surface area contributed by atoms with E-state index in [0.29, 0.717) is 12.0 Å². The normalized spacial score (nSPS) is 30.0. The molecule has 0 amide bonds. The summed E-state index contributed by atoms with van der Waals surface area (Å²) < 4.78 is 0. The molecule has 0 saturated heterocycles. The molecular formula is C9H13NS. The van der Waals surface area contributed by atoms with E-state index in [1.807, 2.05) is 11.3 Å². The van der Waals surface area contributed by atoms with Crippen LogP contribution in [-0.4, -0.2) is 6.54 Å². The Morgan fingerprint density at radius 3 is 3.09 bits per heavy atom. The minimum Gasteiger partial charge on any atom is -0.309 e. The van der Waals surface area contributed by atoms with Gasteiger partial charge in [0.05, 0.1) is 0 Å². The van der Waals surface area contributed by atoms with Crippen LogP contribution in [0.25, 0.3) is 0 Å². The smallest absolute Gasteiger partial charge is 0.0389 e. The van der Waals surface area contributed by atoms with E-state index in [9.17, 15) is 0 Å². The van der Waals surface area contributed by atoms with Crippen molar-refractivity contribution >= 4 is 11.3 Å². The maximum absolute atomic E-state index is 3.48. The summed E-state index contributed by atoms with van der Waals surface area (Å²) >= 11 is 1.87. The van der Waals surface area contributed by atoms with Crippen LogP contribution in [0.1, 0.15) is 36.2 Å². The average molecular weight is 167 g/mol. The summed E-state index contributed by atoms with van der Waals surface area (Å²) in [5.41, 5.74) is 1.56. The van der Waals surface area contributed by atoms with Crippen molar-refractivity contribution in [1.29, 1.82) is 0 Å². The summed E-state index contributed by atoms with van der Waals surface area (Å²) in [5, 5.41) is 5.68. The Labute approximate surface area is 71.4 Å². The predicted octanol–water partition coefficient (Wildman–Crippen LogP) is 2.52. The standard InChI is InChI=1S/C9H13NS/c1-6-5-10-7(2)9-8(6)3-4-11-9/h3-4,6-7,10H,5H2,1-2H3/t6-,7-/m0/s1. The number of fused-ring (bicyclic) bond motifs is 1. The van der Waals surface area contributed by atoms with Gasteiger partial charge in [0.1, 0.15) is 0 Å². The van der Waals surface area contributed by atoms with E-state index in [1.54, 1.807) is 5.56 Å². The van der Waals surface area contributed by atoms with Crippen LogP contribution in [0.15, 0.2) is 11.4 Å². The van der Waals surface area contributed by atoms with Crippen molar-refractivity contribution in [3.8, 4) is 0 Å². The summed E-state index contributed by atoms with van der Waals surface area (Å²) in [4.78, 5) is 1.53. The Balaban J connectivity index is 2.43. The quantitative estimate of drug-likeness (QED) is 0.626. The van der Waals surface area contributed by atoms with Crippen molar-refractivity contribution < 1.29 is 0 Å². The van der Waals surface area contributed by atoms with Gasteiger partial charge in [-0.1, -0.05) is 6.92 Å². The van der Waals surface area contributed by atoms with Gasteiger partial charge in [-0.05, 0) is 29.9 Å². The molecule has 0 unspecified atom stereocenters. The third-order valence-corrected chi connectivity index (χ3v) is 3.50. The van der Waals surface area contributed by atoms with Crippen LogP contribution < -0.4 is 5.32 Å². The van der Waals surface area contributed by atoms with Crippen LogP contribution in [0.5, 0.6) is 0 Å². The maximum Gasteiger partial charge on any atom is 0.0389 e. The SMILES string of the molecule is C[C@@H]1NC[C@H](C)c2ccsc21. The topological polar surface area (TPSA) is 12.0 Å². The van der Waals surface area contributed by atoms with Crippen molar-refractivity contribution in [2.75, 3.05) is 6.54 Å². The molecule has 1 aromatic rings. The van der Waals surface area contributed by atoms with Crippen molar-refractivity contribution in [2.45, 2.75) is 25.8 Å². The van der Waals surface area contributed by atoms with E-state index in [1.165, 1.54) is 4.88 Å². The molecule has 0 aliphatic carbocycles. The molecule has 1 N–H and O–H groups in total. The Kier molecular flexibility index (Phi) is 1.74. The Hall–Kier alpha value is -0.340. The van der Waals surface area contributed by atoms with E-state index >= 15 is 0 Å². The largest absolute Gasteiger partial charge is 0.309 e. The zero-order chi connectivity index (χ0) is 7.84. The first kappa shape index (κ1) is 7.32. The fourth-order valence-electron chi connectivity index (χ4n) is 1.65. The molecule has 2 rings (SSSR count). The lowest BCUT2D eigenvalue weighted by atomic mass is 9.95.